The first-order valence-electron chi connectivity index (χ1n) is 9.01. The van der Waals surface area contributed by atoms with Crippen molar-refractivity contribution in [2.75, 3.05) is 30.4 Å². The van der Waals surface area contributed by atoms with E-state index in [0.717, 1.165) is 5.56 Å². The van der Waals surface area contributed by atoms with Crippen LogP contribution in [0.3, 0.4) is 0 Å². The molecular weight excluding hydrogens is 361 g/mol. The average Bonchev–Trinajstić information content (AvgIpc) is 3.04. The molecule has 6 nitrogen and oxygen atoms in total. The summed E-state index contributed by atoms with van der Waals surface area (Å²) in [5.41, 5.74) is 1.90. The van der Waals surface area contributed by atoms with E-state index >= 15 is 0 Å². The zero-order valence-corrected chi connectivity index (χ0v) is 15.8. The first-order valence-corrected chi connectivity index (χ1v) is 9.01. The highest BCUT2D eigenvalue weighted by Gasteiger charge is 2.37. The molecule has 1 N–H and O–H groups in total. The Hall–Kier alpha value is -3.22. The Balaban J connectivity index is 1.59. The first kappa shape index (κ1) is 19.5. The SMILES string of the molecule is Cc1ccc(NC(=O)CN(C)C(=O)C2CC(=O)N(c3ccccc3F)C2)cc1. The molecule has 0 aromatic heterocycles. The van der Waals surface area contributed by atoms with Gasteiger partial charge in [0.2, 0.25) is 17.7 Å². The van der Waals surface area contributed by atoms with E-state index in [2.05, 4.69) is 5.32 Å². The van der Waals surface area contributed by atoms with Gasteiger partial charge in [-0.05, 0) is 31.2 Å². The summed E-state index contributed by atoms with van der Waals surface area (Å²) in [4.78, 5) is 39.7. The maximum Gasteiger partial charge on any atom is 0.243 e. The number of hydrogen-bond donors (Lipinski definition) is 1. The monoisotopic (exact) mass is 383 g/mol. The second kappa shape index (κ2) is 8.21. The van der Waals surface area contributed by atoms with Gasteiger partial charge in [0, 0.05) is 25.7 Å². The lowest BCUT2D eigenvalue weighted by Crippen LogP contribution is -2.39. The largest absolute Gasteiger partial charge is 0.336 e. The molecule has 1 atom stereocenters. The molecule has 2 aromatic rings. The first-order chi connectivity index (χ1) is 13.3. The van der Waals surface area contributed by atoms with Crippen LogP contribution in [0, 0.1) is 18.7 Å². The number of para-hydroxylation sites is 1. The summed E-state index contributed by atoms with van der Waals surface area (Å²) in [7, 11) is 1.52. The lowest BCUT2D eigenvalue weighted by Gasteiger charge is -2.21. The third-order valence-electron chi connectivity index (χ3n) is 4.71. The van der Waals surface area contributed by atoms with Crippen molar-refractivity contribution in [1.29, 1.82) is 0 Å². The minimum absolute atomic E-state index is 0.00289. The van der Waals surface area contributed by atoms with Crippen molar-refractivity contribution in [3.05, 3.63) is 59.9 Å². The second-order valence-corrected chi connectivity index (χ2v) is 6.97. The van der Waals surface area contributed by atoms with Crippen molar-refractivity contribution in [3.8, 4) is 0 Å². The molecule has 7 heteroatoms. The Morgan fingerprint density at radius 1 is 1.18 bits per heavy atom. The summed E-state index contributed by atoms with van der Waals surface area (Å²) in [5.74, 6) is -2.05. The smallest absolute Gasteiger partial charge is 0.243 e. The van der Waals surface area contributed by atoms with Gasteiger partial charge in [-0.15, -0.1) is 0 Å². The van der Waals surface area contributed by atoms with E-state index in [9.17, 15) is 18.8 Å². The van der Waals surface area contributed by atoms with E-state index in [1.165, 1.54) is 29.0 Å². The van der Waals surface area contributed by atoms with Crippen LogP contribution in [0.15, 0.2) is 48.5 Å². The fourth-order valence-corrected chi connectivity index (χ4v) is 3.22. The highest BCUT2D eigenvalue weighted by Crippen LogP contribution is 2.28. The van der Waals surface area contributed by atoms with Crippen LogP contribution in [0.1, 0.15) is 12.0 Å². The van der Waals surface area contributed by atoms with Gasteiger partial charge in [-0.2, -0.15) is 0 Å². The molecule has 1 unspecified atom stereocenters. The summed E-state index contributed by atoms with van der Waals surface area (Å²) in [5, 5.41) is 2.74. The summed E-state index contributed by atoms with van der Waals surface area (Å²) in [6.45, 7) is 1.92. The minimum Gasteiger partial charge on any atom is -0.336 e. The number of carbonyl (C=O) groups is 3. The van der Waals surface area contributed by atoms with Crippen LogP contribution >= 0.6 is 0 Å². The number of rotatable bonds is 5. The highest BCUT2D eigenvalue weighted by molar-refractivity contribution is 6.01. The molecule has 28 heavy (non-hydrogen) atoms. The van der Waals surface area contributed by atoms with Gasteiger partial charge in [-0.1, -0.05) is 29.8 Å². The van der Waals surface area contributed by atoms with E-state index in [-0.39, 0.29) is 42.9 Å². The van der Waals surface area contributed by atoms with E-state index in [0.29, 0.717) is 5.69 Å². The molecule has 1 heterocycles. The molecule has 0 radical (unpaired) electrons. The number of likely N-dealkylation sites (N-methyl/N-ethyl adjacent to an activating group) is 1. The van der Waals surface area contributed by atoms with Crippen LogP contribution in [0.5, 0.6) is 0 Å². The van der Waals surface area contributed by atoms with Crippen molar-refractivity contribution < 1.29 is 18.8 Å². The Morgan fingerprint density at radius 3 is 2.54 bits per heavy atom. The molecule has 1 fully saturated rings. The molecule has 2 aromatic carbocycles. The predicted molar refractivity (Wildman–Crippen MR) is 104 cm³/mol. The number of hydrogen-bond acceptors (Lipinski definition) is 3. The number of anilines is 2. The zero-order chi connectivity index (χ0) is 20.3. The number of aryl methyl sites for hydroxylation is 1. The molecule has 0 saturated carbocycles. The van der Waals surface area contributed by atoms with Gasteiger partial charge in [-0.3, -0.25) is 14.4 Å². The van der Waals surface area contributed by atoms with Gasteiger partial charge in [0.05, 0.1) is 18.2 Å². The number of benzene rings is 2. The van der Waals surface area contributed by atoms with Crippen LogP contribution in [-0.4, -0.2) is 42.8 Å². The normalized spacial score (nSPS) is 16.2. The van der Waals surface area contributed by atoms with E-state index in [1.54, 1.807) is 24.3 Å². The topological polar surface area (TPSA) is 69.7 Å². The summed E-state index contributed by atoms with van der Waals surface area (Å²) < 4.78 is 14.0. The van der Waals surface area contributed by atoms with Crippen LogP contribution in [0.4, 0.5) is 15.8 Å². The Kier molecular flexibility index (Phi) is 5.73. The van der Waals surface area contributed by atoms with Crippen molar-refractivity contribution in [2.24, 2.45) is 5.92 Å². The summed E-state index contributed by atoms with van der Waals surface area (Å²) >= 11 is 0. The third-order valence-corrected chi connectivity index (χ3v) is 4.71. The number of nitrogens with zero attached hydrogens (tertiary/aromatic N) is 2. The van der Waals surface area contributed by atoms with E-state index < -0.39 is 11.7 Å². The molecule has 3 rings (SSSR count). The van der Waals surface area contributed by atoms with Gasteiger partial charge in [-0.25, -0.2) is 4.39 Å². The van der Waals surface area contributed by atoms with Gasteiger partial charge in [0.15, 0.2) is 0 Å². The van der Waals surface area contributed by atoms with Crippen LogP contribution < -0.4 is 10.2 Å². The molecule has 146 valence electrons. The molecule has 1 aliphatic rings. The van der Waals surface area contributed by atoms with Gasteiger partial charge in [0.25, 0.3) is 0 Å². The lowest BCUT2D eigenvalue weighted by molar-refractivity contribution is -0.137. The van der Waals surface area contributed by atoms with Gasteiger partial charge in [0.1, 0.15) is 5.82 Å². The molecule has 1 saturated heterocycles. The molecule has 0 spiro atoms. The molecule has 3 amide bonds. The van der Waals surface area contributed by atoms with Gasteiger partial charge >= 0.3 is 0 Å². The number of amides is 3. The Bertz CT molecular complexity index is 898. The van der Waals surface area contributed by atoms with Crippen LogP contribution in [0.25, 0.3) is 0 Å². The number of carbonyl (C=O) groups excluding carboxylic acids is 3. The molecule has 0 bridgehead atoms. The van der Waals surface area contributed by atoms with E-state index in [4.69, 9.17) is 0 Å². The van der Waals surface area contributed by atoms with Crippen molar-refractivity contribution in [3.63, 3.8) is 0 Å². The Morgan fingerprint density at radius 2 is 1.86 bits per heavy atom. The maximum atomic E-state index is 14.0. The molecule has 0 aliphatic carbocycles. The standard InChI is InChI=1S/C21H22FN3O3/c1-14-7-9-16(10-8-14)23-19(26)13-24(2)21(28)15-11-20(27)25(12-15)18-6-4-3-5-17(18)22/h3-10,15H,11-13H2,1-2H3,(H,23,26). The number of nitrogens with one attached hydrogen (secondary N) is 1. The van der Waals surface area contributed by atoms with Crippen LogP contribution in [0.2, 0.25) is 0 Å². The quantitative estimate of drug-likeness (QED) is 0.863. The zero-order valence-electron chi connectivity index (χ0n) is 15.8. The predicted octanol–water partition coefficient (Wildman–Crippen LogP) is 2.58. The van der Waals surface area contributed by atoms with E-state index in [1.807, 2.05) is 19.1 Å². The number of halogens is 1. The van der Waals surface area contributed by atoms with Crippen molar-refractivity contribution in [2.45, 2.75) is 13.3 Å². The minimum atomic E-state index is -0.607. The van der Waals surface area contributed by atoms with Crippen LogP contribution in [-0.2, 0) is 14.4 Å². The average molecular weight is 383 g/mol. The fraction of sp³-hybridized carbons (Fsp3) is 0.286. The van der Waals surface area contributed by atoms with Crippen molar-refractivity contribution in [1.82, 2.24) is 4.90 Å². The second-order valence-electron chi connectivity index (χ2n) is 6.97. The summed E-state index contributed by atoms with van der Waals surface area (Å²) in [6.07, 6.45) is -0.00289. The maximum absolute atomic E-state index is 14.0. The Labute approximate surface area is 162 Å². The molecule has 1 aliphatic heterocycles. The fourth-order valence-electron chi connectivity index (χ4n) is 3.22. The lowest BCUT2D eigenvalue weighted by atomic mass is 10.1. The highest BCUT2D eigenvalue weighted by atomic mass is 19.1. The van der Waals surface area contributed by atoms with Gasteiger partial charge < -0.3 is 15.1 Å². The molecular formula is C21H22FN3O3. The summed E-state index contributed by atoms with van der Waals surface area (Å²) in [6, 6.07) is 13.3. The third kappa shape index (κ3) is 4.36. The van der Waals surface area contributed by atoms with Crippen molar-refractivity contribution >= 4 is 29.1 Å².